The van der Waals surface area contributed by atoms with Crippen LogP contribution in [0.2, 0.25) is 0 Å². The number of nitrogens with zero attached hydrogens (tertiary/aromatic N) is 3. The predicted molar refractivity (Wildman–Crippen MR) is 164 cm³/mol. The smallest absolute Gasteiger partial charge is 0.336 e. The van der Waals surface area contributed by atoms with Gasteiger partial charge in [0.1, 0.15) is 5.78 Å². The van der Waals surface area contributed by atoms with Gasteiger partial charge in [0.05, 0.1) is 41.7 Å². The maximum absolute atomic E-state index is 13.6. The van der Waals surface area contributed by atoms with Crippen LogP contribution in [0.15, 0.2) is 46.8 Å². The number of benzene rings is 1. The highest BCUT2D eigenvalue weighted by Gasteiger charge is 2.39. The second kappa shape index (κ2) is 15.5. The molecule has 234 valence electrons. The molecule has 13 heteroatoms. The number of nitro groups is 1. The molecule has 11 nitrogen and oxygen atoms in total. The number of piperazine rings is 1. The second-order valence-electron chi connectivity index (χ2n) is 11.3. The summed E-state index contributed by atoms with van der Waals surface area (Å²) in [7, 11) is 1.25. The van der Waals surface area contributed by atoms with Gasteiger partial charge in [-0.05, 0) is 33.3 Å². The van der Waals surface area contributed by atoms with Crippen LogP contribution in [0, 0.1) is 15.5 Å². The number of methoxy groups -OCH3 is 1. The maximum Gasteiger partial charge on any atom is 0.336 e. The van der Waals surface area contributed by atoms with Crippen molar-refractivity contribution in [3.63, 3.8) is 0 Å². The van der Waals surface area contributed by atoms with Crippen LogP contribution in [-0.2, 0) is 23.9 Å². The number of Topliss-reactive ketones (excluding diaryl/α,β-unsaturated/α-hetero) is 1. The summed E-state index contributed by atoms with van der Waals surface area (Å²) in [5.41, 5.74) is 1.28. The number of allylic oxidation sites excluding steroid dienone is 2. The van der Waals surface area contributed by atoms with E-state index in [-0.39, 0.29) is 65.5 Å². The lowest BCUT2D eigenvalue weighted by Crippen LogP contribution is -2.53. The molecule has 3 rings (SSSR count). The van der Waals surface area contributed by atoms with Crippen molar-refractivity contribution in [2.75, 3.05) is 46.4 Å². The summed E-state index contributed by atoms with van der Waals surface area (Å²) in [6.45, 7) is 15.0. The number of carbonyl (C=O) groups excluding carboxylic acids is 3. The van der Waals surface area contributed by atoms with Crippen molar-refractivity contribution in [1.29, 1.82) is 0 Å². The van der Waals surface area contributed by atoms with Crippen LogP contribution in [0.4, 0.5) is 5.69 Å². The number of ether oxygens (including phenoxy) is 2. The van der Waals surface area contributed by atoms with Gasteiger partial charge < -0.3 is 19.7 Å². The maximum atomic E-state index is 13.6. The zero-order valence-corrected chi connectivity index (χ0v) is 26.9. The number of carbonyl (C=O) groups is 3. The van der Waals surface area contributed by atoms with Gasteiger partial charge in [0, 0.05) is 61.7 Å². The topological polar surface area (TPSA) is 131 Å². The SMILES string of the molecule is COC(=O)C1=C(C)NC(C)=C(C(=O)OCC(C)(C)CN2CCN(C(C)C(C)=O)CC2)C1c1cccc([N+](=O)[O-])c1.Cl.Cl. The van der Waals surface area contributed by atoms with Crippen LogP contribution in [0.3, 0.4) is 0 Å². The minimum Gasteiger partial charge on any atom is -0.466 e. The molecule has 0 aromatic heterocycles. The van der Waals surface area contributed by atoms with Crippen molar-refractivity contribution in [2.24, 2.45) is 5.41 Å². The molecule has 0 saturated carbocycles. The molecule has 1 fully saturated rings. The Balaban J connectivity index is 0.00000441. The van der Waals surface area contributed by atoms with E-state index in [2.05, 4.69) is 15.1 Å². The first kappa shape index (κ1) is 37.0. The van der Waals surface area contributed by atoms with E-state index < -0.39 is 22.8 Å². The van der Waals surface area contributed by atoms with Crippen LogP contribution < -0.4 is 5.32 Å². The summed E-state index contributed by atoms with van der Waals surface area (Å²) in [6.07, 6.45) is 0. The summed E-state index contributed by atoms with van der Waals surface area (Å²) in [6, 6.07) is 5.80. The van der Waals surface area contributed by atoms with E-state index >= 15 is 0 Å². The minimum absolute atomic E-state index is 0. The van der Waals surface area contributed by atoms with Gasteiger partial charge in [0.25, 0.3) is 5.69 Å². The van der Waals surface area contributed by atoms with Gasteiger partial charge in [-0.2, -0.15) is 0 Å². The van der Waals surface area contributed by atoms with Crippen molar-refractivity contribution in [3.8, 4) is 0 Å². The first-order valence-corrected chi connectivity index (χ1v) is 13.4. The largest absolute Gasteiger partial charge is 0.466 e. The van der Waals surface area contributed by atoms with E-state index in [0.29, 0.717) is 23.5 Å². The normalized spacial score (nSPS) is 18.7. The third-order valence-electron chi connectivity index (χ3n) is 7.59. The van der Waals surface area contributed by atoms with Crippen molar-refractivity contribution in [3.05, 3.63) is 62.5 Å². The predicted octanol–water partition coefficient (Wildman–Crippen LogP) is 4.01. The van der Waals surface area contributed by atoms with E-state index in [9.17, 15) is 24.5 Å². The highest BCUT2D eigenvalue weighted by molar-refractivity contribution is 6.00. The monoisotopic (exact) mass is 628 g/mol. The molecule has 2 heterocycles. The molecule has 0 spiro atoms. The van der Waals surface area contributed by atoms with Crippen LogP contribution in [0.25, 0.3) is 0 Å². The average molecular weight is 630 g/mol. The van der Waals surface area contributed by atoms with Crippen molar-refractivity contribution < 1.29 is 28.8 Å². The Morgan fingerprint density at radius 3 is 2.17 bits per heavy atom. The molecule has 1 N–H and O–H groups in total. The highest BCUT2D eigenvalue weighted by Crippen LogP contribution is 2.40. The fraction of sp³-hybridized carbons (Fsp3) is 0.552. The van der Waals surface area contributed by atoms with Crippen LogP contribution in [0.1, 0.15) is 53.0 Å². The van der Waals surface area contributed by atoms with Gasteiger partial charge in [-0.3, -0.25) is 19.8 Å². The van der Waals surface area contributed by atoms with E-state index in [1.807, 2.05) is 20.8 Å². The first-order valence-electron chi connectivity index (χ1n) is 13.4. The van der Waals surface area contributed by atoms with Crippen LogP contribution in [-0.4, -0.2) is 84.9 Å². The molecular weight excluding hydrogens is 587 g/mol. The quantitative estimate of drug-likeness (QED) is 0.230. The molecule has 1 aromatic rings. The fourth-order valence-electron chi connectivity index (χ4n) is 5.35. The number of nitrogens with one attached hydrogen (secondary N) is 1. The average Bonchev–Trinajstić information content (AvgIpc) is 2.90. The summed E-state index contributed by atoms with van der Waals surface area (Å²) >= 11 is 0. The van der Waals surface area contributed by atoms with Gasteiger partial charge in [0.2, 0.25) is 0 Å². The number of hydrogen-bond acceptors (Lipinski definition) is 10. The Morgan fingerprint density at radius 2 is 1.64 bits per heavy atom. The Bertz CT molecular complexity index is 1240. The zero-order valence-electron chi connectivity index (χ0n) is 25.2. The molecule has 0 aliphatic carbocycles. The molecule has 2 atom stereocenters. The molecule has 0 radical (unpaired) electrons. The van der Waals surface area contributed by atoms with Crippen molar-refractivity contribution in [2.45, 2.75) is 53.5 Å². The van der Waals surface area contributed by atoms with Crippen LogP contribution in [0.5, 0.6) is 0 Å². The summed E-state index contributed by atoms with van der Waals surface area (Å²) < 4.78 is 10.9. The van der Waals surface area contributed by atoms with Crippen LogP contribution >= 0.6 is 24.8 Å². The van der Waals surface area contributed by atoms with E-state index in [1.165, 1.54) is 25.3 Å². The molecular formula is C29H42Cl2N4O7. The van der Waals surface area contributed by atoms with Gasteiger partial charge in [-0.25, -0.2) is 9.59 Å². The molecule has 1 saturated heterocycles. The lowest BCUT2D eigenvalue weighted by molar-refractivity contribution is -0.384. The second-order valence-corrected chi connectivity index (χ2v) is 11.3. The fourth-order valence-corrected chi connectivity index (χ4v) is 5.35. The Kier molecular flexibility index (Phi) is 13.6. The minimum atomic E-state index is -0.902. The third kappa shape index (κ3) is 8.76. The first-order chi connectivity index (χ1) is 18.8. The van der Waals surface area contributed by atoms with Crippen molar-refractivity contribution >= 4 is 48.2 Å². The lowest BCUT2D eigenvalue weighted by Gasteiger charge is -2.40. The number of nitro benzene ring substituents is 1. The molecule has 1 aromatic carbocycles. The number of halogens is 2. The number of hydrogen-bond donors (Lipinski definition) is 1. The Hall–Kier alpha value is -2.99. The number of rotatable bonds is 10. The van der Waals surface area contributed by atoms with Gasteiger partial charge in [-0.15, -0.1) is 24.8 Å². The van der Waals surface area contributed by atoms with E-state index in [1.54, 1.807) is 26.8 Å². The van der Waals surface area contributed by atoms with Gasteiger partial charge >= 0.3 is 11.9 Å². The van der Waals surface area contributed by atoms with Gasteiger partial charge in [-0.1, -0.05) is 26.0 Å². The van der Waals surface area contributed by atoms with E-state index in [0.717, 1.165) is 26.2 Å². The van der Waals surface area contributed by atoms with Gasteiger partial charge in [0.15, 0.2) is 0 Å². The molecule has 2 aliphatic rings. The molecule has 2 aliphatic heterocycles. The van der Waals surface area contributed by atoms with E-state index in [4.69, 9.17) is 9.47 Å². The molecule has 0 amide bonds. The highest BCUT2D eigenvalue weighted by atomic mass is 35.5. The number of ketones is 1. The third-order valence-corrected chi connectivity index (χ3v) is 7.59. The summed E-state index contributed by atoms with van der Waals surface area (Å²) in [5, 5.41) is 14.6. The Morgan fingerprint density at radius 1 is 1.07 bits per heavy atom. The number of dihydropyridines is 1. The summed E-state index contributed by atoms with van der Waals surface area (Å²) in [4.78, 5) is 53.6. The van der Waals surface area contributed by atoms with Crippen molar-refractivity contribution in [1.82, 2.24) is 15.1 Å². The molecule has 0 bridgehead atoms. The molecule has 2 unspecified atom stereocenters. The molecule has 42 heavy (non-hydrogen) atoms. The lowest BCUT2D eigenvalue weighted by atomic mass is 9.80. The Labute approximate surface area is 259 Å². The number of esters is 2. The summed E-state index contributed by atoms with van der Waals surface area (Å²) in [5.74, 6) is -1.99. The standard InChI is InChI=1S/C29H40N4O7.2ClH/c1-18-24(27(35)39-7)26(22-9-8-10-23(15-22)33(37)38)25(19(2)30-18)28(36)40-17-29(5,6)16-31-11-13-32(14-12-31)20(3)21(4)34;;/h8-10,15,20,26,30H,11-14,16-17H2,1-7H3;2*1H. The number of non-ortho nitro benzene ring substituents is 1. The zero-order chi connectivity index (χ0) is 29.8.